The maximum atomic E-state index is 9.71. The van der Waals surface area contributed by atoms with Crippen LogP contribution in [0.4, 0.5) is 0 Å². The van der Waals surface area contributed by atoms with E-state index in [2.05, 4.69) is 32.7 Å². The van der Waals surface area contributed by atoms with Crippen molar-refractivity contribution in [3.63, 3.8) is 0 Å². The van der Waals surface area contributed by atoms with E-state index in [9.17, 15) is 5.11 Å². The van der Waals surface area contributed by atoms with Crippen LogP contribution in [0.3, 0.4) is 0 Å². The third-order valence-electron chi connectivity index (χ3n) is 2.73. The van der Waals surface area contributed by atoms with Crippen molar-refractivity contribution in [3.05, 3.63) is 0 Å². The van der Waals surface area contributed by atoms with E-state index < -0.39 is 0 Å². The fraction of sp³-hybridized carbons (Fsp3) is 1.00. The highest BCUT2D eigenvalue weighted by molar-refractivity contribution is 4.85. The van der Waals surface area contributed by atoms with E-state index in [0.717, 1.165) is 19.4 Å². The summed E-state index contributed by atoms with van der Waals surface area (Å²) in [5.41, 5.74) is 0.330. The molecular formula is C11H23NO. The van der Waals surface area contributed by atoms with Crippen molar-refractivity contribution in [2.24, 2.45) is 5.41 Å². The molecule has 0 radical (unpaired) electrons. The second-order valence-electron chi connectivity index (χ2n) is 5.54. The van der Waals surface area contributed by atoms with Crippen molar-refractivity contribution in [1.29, 1.82) is 0 Å². The molecule has 1 saturated carbocycles. The lowest BCUT2D eigenvalue weighted by atomic mass is 9.95. The van der Waals surface area contributed by atoms with Crippen molar-refractivity contribution >= 4 is 0 Å². The molecule has 0 bridgehead atoms. The normalized spacial score (nSPS) is 30.0. The first-order valence-electron chi connectivity index (χ1n) is 5.28. The van der Waals surface area contributed by atoms with Crippen LogP contribution in [-0.4, -0.2) is 35.7 Å². The molecule has 78 valence electrons. The van der Waals surface area contributed by atoms with Crippen LogP contribution in [0.15, 0.2) is 0 Å². The summed E-state index contributed by atoms with van der Waals surface area (Å²) in [6.45, 7) is 7.79. The van der Waals surface area contributed by atoms with Gasteiger partial charge in [0.15, 0.2) is 0 Å². The molecule has 0 saturated heterocycles. The predicted molar refractivity (Wildman–Crippen MR) is 55.7 cm³/mol. The van der Waals surface area contributed by atoms with Gasteiger partial charge in [0.05, 0.1) is 6.10 Å². The van der Waals surface area contributed by atoms with Crippen LogP contribution in [0, 0.1) is 5.41 Å². The lowest BCUT2D eigenvalue weighted by molar-refractivity contribution is 0.0678. The molecule has 1 aliphatic carbocycles. The Kier molecular flexibility index (Phi) is 3.36. The summed E-state index contributed by atoms with van der Waals surface area (Å²) in [7, 11) is 2.13. The van der Waals surface area contributed by atoms with Gasteiger partial charge in [0.2, 0.25) is 0 Å². The molecule has 0 aliphatic heterocycles. The zero-order valence-electron chi connectivity index (χ0n) is 9.38. The van der Waals surface area contributed by atoms with Crippen LogP contribution in [0.1, 0.15) is 40.0 Å². The van der Waals surface area contributed by atoms with E-state index in [4.69, 9.17) is 0 Å². The summed E-state index contributed by atoms with van der Waals surface area (Å²) in [5.74, 6) is 0. The Morgan fingerprint density at radius 3 is 2.31 bits per heavy atom. The van der Waals surface area contributed by atoms with Gasteiger partial charge in [-0.1, -0.05) is 20.8 Å². The Morgan fingerprint density at radius 1 is 1.31 bits per heavy atom. The van der Waals surface area contributed by atoms with Crippen LogP contribution in [0.5, 0.6) is 0 Å². The zero-order valence-corrected chi connectivity index (χ0v) is 9.38. The fourth-order valence-corrected chi connectivity index (χ4v) is 2.30. The summed E-state index contributed by atoms with van der Waals surface area (Å²) in [6.07, 6.45) is 3.24. The summed E-state index contributed by atoms with van der Waals surface area (Å²) in [5, 5.41) is 9.71. The van der Waals surface area contributed by atoms with Crippen molar-refractivity contribution in [2.45, 2.75) is 52.2 Å². The Morgan fingerprint density at radius 2 is 1.92 bits per heavy atom. The smallest absolute Gasteiger partial charge is 0.0695 e. The van der Waals surface area contributed by atoms with E-state index in [0.29, 0.717) is 11.5 Å². The van der Waals surface area contributed by atoms with Crippen LogP contribution in [0.2, 0.25) is 0 Å². The van der Waals surface area contributed by atoms with Gasteiger partial charge in [0, 0.05) is 12.6 Å². The molecule has 0 aromatic carbocycles. The van der Waals surface area contributed by atoms with Gasteiger partial charge in [0.1, 0.15) is 0 Å². The molecule has 2 heteroatoms. The number of nitrogens with zero attached hydrogens (tertiary/aromatic N) is 1. The Labute approximate surface area is 81.9 Å². The number of rotatable bonds is 2. The molecule has 0 amide bonds. The highest BCUT2D eigenvalue weighted by Gasteiger charge is 2.30. The minimum atomic E-state index is -0.0904. The minimum Gasteiger partial charge on any atom is -0.391 e. The number of aliphatic hydroxyl groups is 1. The molecule has 0 heterocycles. The van der Waals surface area contributed by atoms with E-state index in [1.807, 2.05) is 0 Å². The second kappa shape index (κ2) is 3.97. The highest BCUT2D eigenvalue weighted by atomic mass is 16.3. The standard InChI is InChI=1S/C11H23NO/c1-11(2,3)8-12(4)9-6-5-7-10(9)13/h9-10,13H,5-8H2,1-4H3/t9-,10-/m1/s1. The fourth-order valence-electron chi connectivity index (χ4n) is 2.30. The molecule has 1 aliphatic rings. The lowest BCUT2D eigenvalue weighted by Gasteiger charge is -2.32. The molecule has 2 nitrogen and oxygen atoms in total. The third-order valence-corrected chi connectivity index (χ3v) is 2.73. The SMILES string of the molecule is CN(CC(C)(C)C)[C@@H]1CCC[C@H]1O. The van der Waals surface area contributed by atoms with Gasteiger partial charge in [-0.2, -0.15) is 0 Å². The van der Waals surface area contributed by atoms with Gasteiger partial charge in [-0.25, -0.2) is 0 Å². The zero-order chi connectivity index (χ0) is 10.1. The van der Waals surface area contributed by atoms with Gasteiger partial charge < -0.3 is 10.0 Å². The Balaban J connectivity index is 2.43. The lowest BCUT2D eigenvalue weighted by Crippen LogP contribution is -2.41. The van der Waals surface area contributed by atoms with Gasteiger partial charge in [-0.15, -0.1) is 0 Å². The molecule has 2 atom stereocenters. The second-order valence-corrected chi connectivity index (χ2v) is 5.54. The van der Waals surface area contributed by atoms with Gasteiger partial charge in [-0.3, -0.25) is 0 Å². The number of likely N-dealkylation sites (N-methyl/N-ethyl adjacent to an activating group) is 1. The van der Waals surface area contributed by atoms with E-state index in [1.54, 1.807) is 0 Å². The first-order chi connectivity index (χ1) is 5.90. The molecule has 0 unspecified atom stereocenters. The quantitative estimate of drug-likeness (QED) is 0.710. The Hall–Kier alpha value is -0.0800. The summed E-state index contributed by atoms with van der Waals surface area (Å²) >= 11 is 0. The van der Waals surface area contributed by atoms with Gasteiger partial charge >= 0.3 is 0 Å². The molecule has 13 heavy (non-hydrogen) atoms. The topological polar surface area (TPSA) is 23.5 Å². The predicted octanol–water partition coefficient (Wildman–Crippen LogP) is 1.88. The minimum absolute atomic E-state index is 0.0904. The molecule has 1 rings (SSSR count). The maximum absolute atomic E-state index is 9.71. The molecule has 0 aromatic heterocycles. The first-order valence-corrected chi connectivity index (χ1v) is 5.28. The number of aliphatic hydroxyl groups excluding tert-OH is 1. The van der Waals surface area contributed by atoms with E-state index >= 15 is 0 Å². The van der Waals surface area contributed by atoms with Gasteiger partial charge in [0.25, 0.3) is 0 Å². The summed E-state index contributed by atoms with van der Waals surface area (Å²) in [4.78, 5) is 2.32. The maximum Gasteiger partial charge on any atom is 0.0695 e. The molecule has 0 aromatic rings. The number of hydrogen-bond acceptors (Lipinski definition) is 2. The van der Waals surface area contributed by atoms with Crippen LogP contribution in [0.25, 0.3) is 0 Å². The molecule has 0 spiro atoms. The third kappa shape index (κ3) is 3.28. The summed E-state index contributed by atoms with van der Waals surface area (Å²) < 4.78 is 0. The van der Waals surface area contributed by atoms with Crippen LogP contribution in [-0.2, 0) is 0 Å². The van der Waals surface area contributed by atoms with Crippen molar-refractivity contribution in [3.8, 4) is 0 Å². The van der Waals surface area contributed by atoms with Gasteiger partial charge in [-0.05, 0) is 31.7 Å². The average Bonchev–Trinajstić information content (AvgIpc) is 2.30. The van der Waals surface area contributed by atoms with Crippen LogP contribution < -0.4 is 0 Å². The highest BCUT2D eigenvalue weighted by Crippen LogP contribution is 2.25. The largest absolute Gasteiger partial charge is 0.391 e. The molecule has 1 fully saturated rings. The van der Waals surface area contributed by atoms with E-state index in [1.165, 1.54) is 6.42 Å². The molecular weight excluding hydrogens is 162 g/mol. The number of hydrogen-bond donors (Lipinski definition) is 1. The van der Waals surface area contributed by atoms with Crippen LogP contribution >= 0.6 is 0 Å². The van der Waals surface area contributed by atoms with Crippen molar-refractivity contribution in [1.82, 2.24) is 4.90 Å². The monoisotopic (exact) mass is 185 g/mol. The summed E-state index contributed by atoms with van der Waals surface area (Å²) in [6, 6.07) is 0.402. The molecule has 1 N–H and O–H groups in total. The van der Waals surface area contributed by atoms with E-state index in [-0.39, 0.29) is 6.10 Å². The Bertz CT molecular complexity index is 162. The van der Waals surface area contributed by atoms with Crippen molar-refractivity contribution in [2.75, 3.05) is 13.6 Å². The van der Waals surface area contributed by atoms with Crippen molar-refractivity contribution < 1.29 is 5.11 Å². The average molecular weight is 185 g/mol. The first kappa shape index (κ1) is 11.0.